The third-order valence-electron chi connectivity index (χ3n) is 3.77. The van der Waals surface area contributed by atoms with Crippen LogP contribution in [-0.4, -0.2) is 11.8 Å². The minimum atomic E-state index is -0.496. The monoisotopic (exact) mass is 362 g/mol. The summed E-state index contributed by atoms with van der Waals surface area (Å²) in [6.07, 6.45) is 0. The zero-order chi connectivity index (χ0) is 18.4. The van der Waals surface area contributed by atoms with Gasteiger partial charge in [0, 0.05) is 16.1 Å². The smallest absolute Gasteiger partial charge is 0.248 e. The first-order valence-electron chi connectivity index (χ1n) is 8.11. The number of amides is 2. The first kappa shape index (κ1) is 17.8. The molecule has 3 rings (SSSR count). The van der Waals surface area contributed by atoms with Crippen molar-refractivity contribution in [2.45, 2.75) is 10.1 Å². The van der Waals surface area contributed by atoms with Gasteiger partial charge in [-0.25, -0.2) is 0 Å². The summed E-state index contributed by atoms with van der Waals surface area (Å²) in [6.45, 7) is 0. The highest BCUT2D eigenvalue weighted by Gasteiger charge is 2.22. The Morgan fingerprint density at radius 3 is 1.96 bits per heavy atom. The number of primary amides is 1. The van der Waals surface area contributed by atoms with Gasteiger partial charge in [-0.05, 0) is 42.0 Å². The van der Waals surface area contributed by atoms with Crippen molar-refractivity contribution in [1.29, 1.82) is 0 Å². The van der Waals surface area contributed by atoms with Crippen LogP contribution in [-0.2, 0) is 4.79 Å². The van der Waals surface area contributed by atoms with Gasteiger partial charge in [0.1, 0.15) is 5.25 Å². The highest BCUT2D eigenvalue weighted by molar-refractivity contribution is 8.00. The van der Waals surface area contributed by atoms with E-state index < -0.39 is 11.2 Å². The summed E-state index contributed by atoms with van der Waals surface area (Å²) in [5.74, 6) is -0.624. The number of carbonyl (C=O) groups excluding carboxylic acids is 2. The van der Waals surface area contributed by atoms with Gasteiger partial charge < -0.3 is 11.1 Å². The Bertz CT molecular complexity index is 881. The molecule has 2 amide bonds. The molecule has 4 nitrogen and oxygen atoms in total. The summed E-state index contributed by atoms with van der Waals surface area (Å²) >= 11 is 1.49. The molecule has 0 aromatic heterocycles. The Hall–Kier alpha value is -3.05. The molecule has 0 saturated heterocycles. The lowest BCUT2D eigenvalue weighted by Gasteiger charge is -2.17. The van der Waals surface area contributed by atoms with Crippen LogP contribution >= 0.6 is 11.8 Å². The minimum absolute atomic E-state index is 0.128. The lowest BCUT2D eigenvalue weighted by molar-refractivity contribution is -0.115. The maximum absolute atomic E-state index is 12.9. The summed E-state index contributed by atoms with van der Waals surface area (Å²) in [4.78, 5) is 25.1. The molecule has 0 bridgehead atoms. The van der Waals surface area contributed by atoms with Crippen molar-refractivity contribution in [1.82, 2.24) is 0 Å². The number of nitrogens with one attached hydrogen (secondary N) is 1. The fraction of sp³-hybridized carbons (Fsp3) is 0.0476. The van der Waals surface area contributed by atoms with Crippen molar-refractivity contribution in [3.63, 3.8) is 0 Å². The predicted octanol–water partition coefficient (Wildman–Crippen LogP) is 4.26. The van der Waals surface area contributed by atoms with Crippen LogP contribution in [0.2, 0.25) is 0 Å². The van der Waals surface area contributed by atoms with E-state index in [9.17, 15) is 9.59 Å². The molecule has 0 radical (unpaired) electrons. The third-order valence-corrected chi connectivity index (χ3v) is 5.04. The van der Waals surface area contributed by atoms with Crippen LogP contribution in [0.15, 0.2) is 89.8 Å². The molecule has 0 aliphatic carbocycles. The summed E-state index contributed by atoms with van der Waals surface area (Å²) in [6, 6.07) is 26.0. The van der Waals surface area contributed by atoms with E-state index in [-0.39, 0.29) is 5.91 Å². The van der Waals surface area contributed by atoms with Gasteiger partial charge in [0.25, 0.3) is 0 Å². The molecule has 130 valence electrons. The Kier molecular flexibility index (Phi) is 5.71. The molecule has 26 heavy (non-hydrogen) atoms. The van der Waals surface area contributed by atoms with E-state index in [1.807, 2.05) is 60.7 Å². The fourth-order valence-electron chi connectivity index (χ4n) is 2.46. The Labute approximate surface area is 156 Å². The molecular formula is C21H18N2O2S. The molecule has 0 unspecified atom stereocenters. The first-order valence-corrected chi connectivity index (χ1v) is 8.99. The average Bonchev–Trinajstić information content (AvgIpc) is 2.68. The normalized spacial score (nSPS) is 11.5. The topological polar surface area (TPSA) is 72.2 Å². The molecule has 3 aromatic rings. The molecule has 3 N–H and O–H groups in total. The maximum atomic E-state index is 12.9. The highest BCUT2D eigenvalue weighted by atomic mass is 32.2. The van der Waals surface area contributed by atoms with Gasteiger partial charge in [0.05, 0.1) is 0 Å². The summed E-state index contributed by atoms with van der Waals surface area (Å²) in [5, 5.41) is 2.52. The van der Waals surface area contributed by atoms with Crippen molar-refractivity contribution >= 4 is 29.3 Å². The van der Waals surface area contributed by atoms with Crippen molar-refractivity contribution < 1.29 is 9.59 Å². The fourth-order valence-corrected chi connectivity index (χ4v) is 3.51. The summed E-state index contributed by atoms with van der Waals surface area (Å²) in [5.41, 5.74) is 7.19. The average molecular weight is 362 g/mol. The standard InChI is InChI=1S/C21H18N2O2S/c22-20(24)16-11-13-17(14-12-16)23-21(25)19(15-7-3-1-4-8-15)26-18-9-5-2-6-10-18/h1-14,19H,(H2,22,24)(H,23,25)/t19-/m1/s1. The third kappa shape index (κ3) is 4.52. The van der Waals surface area contributed by atoms with E-state index in [2.05, 4.69) is 5.32 Å². The zero-order valence-electron chi connectivity index (χ0n) is 14.0. The molecule has 0 saturated carbocycles. The molecule has 0 spiro atoms. The van der Waals surface area contributed by atoms with Crippen LogP contribution in [0.4, 0.5) is 5.69 Å². The van der Waals surface area contributed by atoms with Gasteiger partial charge in [-0.3, -0.25) is 9.59 Å². The number of rotatable bonds is 6. The Morgan fingerprint density at radius 2 is 1.38 bits per heavy atom. The lowest BCUT2D eigenvalue weighted by Crippen LogP contribution is -2.19. The summed E-state index contributed by atoms with van der Waals surface area (Å²) < 4.78 is 0. The van der Waals surface area contributed by atoms with E-state index in [0.29, 0.717) is 11.3 Å². The number of hydrogen-bond acceptors (Lipinski definition) is 3. The van der Waals surface area contributed by atoms with Crippen molar-refractivity contribution in [2.75, 3.05) is 5.32 Å². The Morgan fingerprint density at radius 1 is 0.808 bits per heavy atom. The van der Waals surface area contributed by atoms with Gasteiger partial charge in [-0.2, -0.15) is 0 Å². The van der Waals surface area contributed by atoms with Crippen LogP contribution in [0.5, 0.6) is 0 Å². The van der Waals surface area contributed by atoms with Crippen molar-refractivity contribution in [3.05, 3.63) is 96.1 Å². The van der Waals surface area contributed by atoms with Crippen molar-refractivity contribution in [2.24, 2.45) is 5.73 Å². The molecule has 1 atom stereocenters. The van der Waals surface area contributed by atoms with Gasteiger partial charge in [-0.15, -0.1) is 11.8 Å². The van der Waals surface area contributed by atoms with E-state index in [1.54, 1.807) is 24.3 Å². The zero-order valence-corrected chi connectivity index (χ0v) is 14.8. The number of carbonyl (C=O) groups is 2. The van der Waals surface area contributed by atoms with Crippen LogP contribution < -0.4 is 11.1 Å². The number of anilines is 1. The van der Waals surface area contributed by atoms with Crippen LogP contribution in [0.1, 0.15) is 21.2 Å². The second-order valence-electron chi connectivity index (χ2n) is 5.65. The molecule has 0 aliphatic heterocycles. The second kappa shape index (κ2) is 8.36. The van der Waals surface area contributed by atoms with Gasteiger partial charge in [0.15, 0.2) is 0 Å². The van der Waals surface area contributed by atoms with E-state index in [4.69, 9.17) is 5.73 Å². The summed E-state index contributed by atoms with van der Waals surface area (Å²) in [7, 11) is 0. The van der Waals surface area contributed by atoms with Gasteiger partial charge >= 0.3 is 0 Å². The minimum Gasteiger partial charge on any atom is -0.366 e. The molecule has 3 aromatic carbocycles. The van der Waals surface area contributed by atoms with E-state index in [1.165, 1.54) is 11.8 Å². The quantitative estimate of drug-likeness (QED) is 0.644. The molecule has 0 fully saturated rings. The number of thioether (sulfide) groups is 1. The first-order chi connectivity index (χ1) is 12.6. The second-order valence-corrected chi connectivity index (χ2v) is 6.83. The molecular weight excluding hydrogens is 344 g/mol. The van der Waals surface area contributed by atoms with Crippen LogP contribution in [0.3, 0.4) is 0 Å². The van der Waals surface area contributed by atoms with Crippen molar-refractivity contribution in [3.8, 4) is 0 Å². The largest absolute Gasteiger partial charge is 0.366 e. The highest BCUT2D eigenvalue weighted by Crippen LogP contribution is 2.36. The van der Waals surface area contributed by atoms with E-state index in [0.717, 1.165) is 10.5 Å². The van der Waals surface area contributed by atoms with Gasteiger partial charge in [-0.1, -0.05) is 48.5 Å². The van der Waals surface area contributed by atoms with Crippen LogP contribution in [0.25, 0.3) is 0 Å². The maximum Gasteiger partial charge on any atom is 0.248 e. The number of nitrogens with two attached hydrogens (primary N) is 1. The number of hydrogen-bond donors (Lipinski definition) is 2. The number of benzene rings is 3. The lowest BCUT2D eigenvalue weighted by atomic mass is 10.1. The molecule has 5 heteroatoms. The molecule has 0 heterocycles. The van der Waals surface area contributed by atoms with Crippen LogP contribution in [0, 0.1) is 0 Å². The predicted molar refractivity (Wildman–Crippen MR) is 105 cm³/mol. The van der Waals surface area contributed by atoms with E-state index >= 15 is 0 Å². The SMILES string of the molecule is NC(=O)c1ccc(NC(=O)[C@H](Sc2ccccc2)c2ccccc2)cc1. The molecule has 0 aliphatic rings. The van der Waals surface area contributed by atoms with Gasteiger partial charge in [0.2, 0.25) is 11.8 Å². The Balaban J connectivity index is 1.81.